The molecular weight excluding hydrogens is 562 g/mol. The number of halogens is 2. The first-order chi connectivity index (χ1) is 20.9. The largest absolute Gasteiger partial charge is 0.483 e. The number of hydrogen-bond acceptors (Lipinski definition) is 9. The Kier molecular flexibility index (Phi) is 8.13. The smallest absolute Gasteiger partial charge is 0.335 e. The standard InChI is InChI=1S/C30H28F2N6O5/c31-21-11-18(13-33)1-4-25(21)42-17-27-34-8-5-29(36-27)43-26-6-9-37(15-22(26)32)16-28-35-23-3-2-19(30(39)40)12-24(23)38(28)14-20-7-10-41-20/h1-5,8,11-12,20,22,26H,6-7,9-10,14-17H2,(H,39,40)/t20-,22-,26-/m0/s1. The van der Waals surface area contributed by atoms with Gasteiger partial charge in [0.1, 0.15) is 24.7 Å². The summed E-state index contributed by atoms with van der Waals surface area (Å²) in [7, 11) is 0. The summed E-state index contributed by atoms with van der Waals surface area (Å²) in [4.78, 5) is 26.7. The molecule has 2 aromatic heterocycles. The molecule has 4 aromatic rings. The number of carbonyl (C=O) groups is 1. The van der Waals surface area contributed by atoms with Gasteiger partial charge in [0.05, 0.1) is 47.4 Å². The normalized spacial score (nSPS) is 20.3. The van der Waals surface area contributed by atoms with E-state index in [0.717, 1.165) is 18.3 Å². The van der Waals surface area contributed by atoms with Crippen LogP contribution in [0.1, 0.15) is 40.4 Å². The highest BCUT2D eigenvalue weighted by Crippen LogP contribution is 2.26. The van der Waals surface area contributed by atoms with Crippen molar-refractivity contribution in [1.82, 2.24) is 24.4 Å². The average Bonchev–Trinajstić information content (AvgIpc) is 3.31. The van der Waals surface area contributed by atoms with Gasteiger partial charge in [-0.15, -0.1) is 0 Å². The minimum atomic E-state index is -1.30. The van der Waals surface area contributed by atoms with Gasteiger partial charge < -0.3 is 23.9 Å². The lowest BCUT2D eigenvalue weighted by atomic mass is 10.1. The number of nitriles is 1. The van der Waals surface area contributed by atoms with Crippen LogP contribution in [0.15, 0.2) is 48.7 Å². The molecule has 0 bridgehead atoms. The highest BCUT2D eigenvalue weighted by Gasteiger charge is 2.32. The molecule has 11 nitrogen and oxygen atoms in total. The molecule has 6 rings (SSSR count). The third-order valence-corrected chi connectivity index (χ3v) is 7.55. The monoisotopic (exact) mass is 590 g/mol. The van der Waals surface area contributed by atoms with Crippen molar-refractivity contribution in [3.8, 4) is 17.7 Å². The number of fused-ring (bicyclic) bond motifs is 1. The minimum absolute atomic E-state index is 0.0315. The van der Waals surface area contributed by atoms with Crippen LogP contribution in [0.5, 0.6) is 11.6 Å². The minimum Gasteiger partial charge on any atom is -0.483 e. The predicted molar refractivity (Wildman–Crippen MR) is 148 cm³/mol. The first kappa shape index (κ1) is 28.4. The molecule has 13 heteroatoms. The lowest BCUT2D eigenvalue weighted by molar-refractivity contribution is -0.0593. The van der Waals surface area contributed by atoms with E-state index in [9.17, 15) is 14.3 Å². The lowest BCUT2D eigenvalue weighted by Crippen LogP contribution is -2.47. The van der Waals surface area contributed by atoms with Crippen molar-refractivity contribution in [3.63, 3.8) is 0 Å². The summed E-state index contributed by atoms with van der Waals surface area (Å²) in [5.41, 5.74) is 1.75. The van der Waals surface area contributed by atoms with Gasteiger partial charge in [-0.2, -0.15) is 10.2 Å². The maximum atomic E-state index is 15.4. The van der Waals surface area contributed by atoms with Crippen molar-refractivity contribution in [1.29, 1.82) is 5.26 Å². The Balaban J connectivity index is 1.09. The number of carboxylic acid groups (broad SMARTS) is 1. The second kappa shape index (κ2) is 12.3. The molecule has 0 saturated carbocycles. The number of benzene rings is 2. The Hall–Kier alpha value is -4.67. The number of carboxylic acids is 1. The number of likely N-dealkylation sites (tertiary alicyclic amines) is 1. The summed E-state index contributed by atoms with van der Waals surface area (Å²) in [6.45, 7) is 2.16. The van der Waals surface area contributed by atoms with Gasteiger partial charge in [-0.1, -0.05) is 0 Å². The second-order valence-electron chi connectivity index (χ2n) is 10.5. The number of aromatic nitrogens is 4. The van der Waals surface area contributed by atoms with Crippen LogP contribution in [-0.2, 0) is 24.4 Å². The quantitative estimate of drug-likeness (QED) is 0.290. The zero-order valence-electron chi connectivity index (χ0n) is 23.0. The Labute approximate surface area is 245 Å². The summed E-state index contributed by atoms with van der Waals surface area (Å²) in [5.74, 6) is -0.585. The highest BCUT2D eigenvalue weighted by molar-refractivity contribution is 5.92. The van der Waals surface area contributed by atoms with Gasteiger partial charge in [-0.05, 0) is 42.8 Å². The first-order valence-corrected chi connectivity index (χ1v) is 13.9. The van der Waals surface area contributed by atoms with Gasteiger partial charge in [0.2, 0.25) is 5.88 Å². The van der Waals surface area contributed by atoms with Crippen LogP contribution < -0.4 is 9.47 Å². The third-order valence-electron chi connectivity index (χ3n) is 7.55. The van der Waals surface area contributed by atoms with Gasteiger partial charge in [-0.3, -0.25) is 4.90 Å². The molecule has 2 aromatic carbocycles. The summed E-state index contributed by atoms with van der Waals surface area (Å²) in [6, 6.07) is 12.1. The first-order valence-electron chi connectivity index (χ1n) is 13.9. The number of alkyl halides is 1. The van der Waals surface area contributed by atoms with E-state index in [2.05, 4.69) is 9.97 Å². The van der Waals surface area contributed by atoms with Gasteiger partial charge in [0.25, 0.3) is 0 Å². The van der Waals surface area contributed by atoms with Gasteiger partial charge in [-0.25, -0.2) is 23.5 Å². The van der Waals surface area contributed by atoms with Crippen LogP contribution >= 0.6 is 0 Å². The SMILES string of the molecule is N#Cc1ccc(OCc2nccc(O[C@H]3CCN(Cc4nc5ccc(C(=O)O)cc5n4C[C@@H]4CCO4)C[C@@H]3F)n2)c(F)c1. The Morgan fingerprint density at radius 2 is 2.05 bits per heavy atom. The molecule has 2 aliphatic rings. The maximum Gasteiger partial charge on any atom is 0.335 e. The van der Waals surface area contributed by atoms with E-state index in [1.165, 1.54) is 30.5 Å². The summed E-state index contributed by atoms with van der Waals surface area (Å²) < 4.78 is 48.4. The number of rotatable bonds is 10. The summed E-state index contributed by atoms with van der Waals surface area (Å²) >= 11 is 0. The van der Waals surface area contributed by atoms with E-state index in [4.69, 9.17) is 24.5 Å². The molecule has 0 amide bonds. The topological polar surface area (TPSA) is 136 Å². The molecule has 0 spiro atoms. The molecule has 43 heavy (non-hydrogen) atoms. The molecule has 2 fully saturated rings. The van der Waals surface area contributed by atoms with Crippen molar-refractivity contribution in [2.24, 2.45) is 0 Å². The van der Waals surface area contributed by atoms with Gasteiger partial charge in [0, 0.05) is 38.4 Å². The fourth-order valence-corrected chi connectivity index (χ4v) is 5.19. The summed E-state index contributed by atoms with van der Waals surface area (Å²) in [6.07, 6.45) is 0.784. The van der Waals surface area contributed by atoms with Gasteiger partial charge in [0.15, 0.2) is 17.4 Å². The van der Waals surface area contributed by atoms with E-state index in [1.54, 1.807) is 12.1 Å². The molecule has 0 unspecified atom stereocenters. The van der Waals surface area contributed by atoms with E-state index in [1.807, 2.05) is 15.5 Å². The van der Waals surface area contributed by atoms with E-state index < -0.39 is 24.1 Å². The molecule has 4 heterocycles. The number of imidazole rings is 1. The molecule has 0 aliphatic carbocycles. The Morgan fingerprint density at radius 1 is 1.19 bits per heavy atom. The van der Waals surface area contributed by atoms with Crippen molar-refractivity contribution in [2.75, 3.05) is 19.7 Å². The third kappa shape index (κ3) is 6.40. The van der Waals surface area contributed by atoms with Crippen LogP contribution in [0.25, 0.3) is 11.0 Å². The highest BCUT2D eigenvalue weighted by atomic mass is 19.1. The zero-order valence-corrected chi connectivity index (χ0v) is 23.0. The zero-order chi connectivity index (χ0) is 29.9. The van der Waals surface area contributed by atoms with Crippen LogP contribution in [0, 0.1) is 17.1 Å². The number of aromatic carboxylic acids is 1. The van der Waals surface area contributed by atoms with Crippen LogP contribution in [0.3, 0.4) is 0 Å². The van der Waals surface area contributed by atoms with E-state index in [0.29, 0.717) is 43.7 Å². The molecule has 222 valence electrons. The second-order valence-corrected chi connectivity index (χ2v) is 10.5. The summed E-state index contributed by atoms with van der Waals surface area (Å²) in [5, 5.41) is 18.3. The van der Waals surface area contributed by atoms with Crippen LogP contribution in [0.4, 0.5) is 8.78 Å². The van der Waals surface area contributed by atoms with E-state index >= 15 is 4.39 Å². The Bertz CT molecular complexity index is 1690. The molecule has 2 aliphatic heterocycles. The number of ether oxygens (including phenoxy) is 3. The maximum absolute atomic E-state index is 15.4. The van der Waals surface area contributed by atoms with Crippen LogP contribution in [-0.4, -0.2) is 73.6 Å². The van der Waals surface area contributed by atoms with Crippen molar-refractivity contribution in [2.45, 2.75) is 50.9 Å². The fourth-order valence-electron chi connectivity index (χ4n) is 5.19. The molecular formula is C30H28F2N6O5. The fraction of sp³-hybridized carbons (Fsp3) is 0.367. The number of piperidine rings is 1. The molecule has 3 atom stereocenters. The average molecular weight is 591 g/mol. The molecule has 0 radical (unpaired) electrons. The van der Waals surface area contributed by atoms with Gasteiger partial charge >= 0.3 is 5.97 Å². The molecule has 2 saturated heterocycles. The van der Waals surface area contributed by atoms with Crippen LogP contribution in [0.2, 0.25) is 0 Å². The van der Waals surface area contributed by atoms with Crippen molar-refractivity contribution >= 4 is 17.0 Å². The predicted octanol–water partition coefficient (Wildman–Crippen LogP) is 3.89. The van der Waals surface area contributed by atoms with Crippen molar-refractivity contribution < 1.29 is 32.9 Å². The number of hydrogen-bond donors (Lipinski definition) is 1. The number of nitrogens with zero attached hydrogens (tertiary/aromatic N) is 6. The Morgan fingerprint density at radius 3 is 2.77 bits per heavy atom. The van der Waals surface area contributed by atoms with E-state index in [-0.39, 0.29) is 47.8 Å². The lowest BCUT2D eigenvalue weighted by Gasteiger charge is -2.34. The molecule has 1 N–H and O–H groups in total. The van der Waals surface area contributed by atoms with Crippen molar-refractivity contribution in [3.05, 3.63) is 77.3 Å².